The fourth-order valence-corrected chi connectivity index (χ4v) is 4.92. The zero-order chi connectivity index (χ0) is 24.5. The van der Waals surface area contributed by atoms with Gasteiger partial charge < -0.3 is 33.5 Å². The number of aliphatic hydroxyl groups is 2. The van der Waals surface area contributed by atoms with Crippen molar-refractivity contribution in [3.8, 4) is 0 Å². The van der Waals surface area contributed by atoms with Gasteiger partial charge in [-0.2, -0.15) is 0 Å². The molecule has 0 spiro atoms. The minimum atomic E-state index is -3.64. The van der Waals surface area contributed by atoms with E-state index in [4.69, 9.17) is 23.3 Å². The minimum Gasteiger partial charge on any atom is -0.390 e. The molecule has 0 aromatic carbocycles. The topological polar surface area (TPSA) is 141 Å². The molecule has 12 heteroatoms. The van der Waals surface area contributed by atoms with Crippen molar-refractivity contribution in [2.24, 2.45) is 0 Å². The van der Waals surface area contributed by atoms with E-state index < -0.39 is 50.3 Å². The van der Waals surface area contributed by atoms with Crippen molar-refractivity contribution in [1.29, 1.82) is 0 Å². The van der Waals surface area contributed by atoms with Crippen LogP contribution in [0.2, 0.25) is 0 Å². The van der Waals surface area contributed by atoms with Crippen LogP contribution in [-0.4, -0.2) is 97.1 Å². The van der Waals surface area contributed by atoms with Crippen LogP contribution in [0.3, 0.4) is 0 Å². The lowest BCUT2D eigenvalue weighted by Gasteiger charge is -2.29. The molecule has 1 amide bonds. The average molecular weight is 481 g/mol. The van der Waals surface area contributed by atoms with E-state index in [1.54, 1.807) is 13.8 Å². The zero-order valence-corrected chi connectivity index (χ0v) is 20.4. The fourth-order valence-electron chi connectivity index (χ4n) is 3.18. The van der Waals surface area contributed by atoms with Crippen molar-refractivity contribution in [2.75, 3.05) is 39.7 Å². The van der Waals surface area contributed by atoms with E-state index in [0.717, 1.165) is 4.90 Å². The largest absolute Gasteiger partial charge is 0.390 e. The monoisotopic (exact) mass is 481 g/mol. The number of hydrogen-bond donors (Lipinski definition) is 2. The fraction of sp³-hybridized carbons (Fsp3) is 0.800. The highest BCUT2D eigenvalue weighted by Gasteiger charge is 2.51. The molecule has 5 atom stereocenters. The van der Waals surface area contributed by atoms with Gasteiger partial charge >= 0.3 is 7.60 Å². The predicted molar refractivity (Wildman–Crippen MR) is 115 cm³/mol. The Kier molecular flexibility index (Phi) is 12.2. The number of aliphatic hydroxyl groups excluding tert-OH is 2. The highest BCUT2D eigenvalue weighted by Crippen LogP contribution is 2.49. The molecular weight excluding hydrogens is 445 g/mol. The number of carbonyl (C=O) groups is 2. The second-order valence-electron chi connectivity index (χ2n) is 7.30. The van der Waals surface area contributed by atoms with Gasteiger partial charge in [0.25, 0.3) is 0 Å². The summed E-state index contributed by atoms with van der Waals surface area (Å²) in [6.07, 6.45) is -5.40. The molecule has 2 N–H and O–H groups in total. The maximum Gasteiger partial charge on any atom is 0.333 e. The van der Waals surface area contributed by atoms with E-state index in [1.807, 2.05) is 0 Å². The van der Waals surface area contributed by atoms with E-state index in [-0.39, 0.29) is 37.8 Å². The molecule has 1 heterocycles. The van der Waals surface area contributed by atoms with E-state index in [0.29, 0.717) is 0 Å². The predicted octanol–water partition coefficient (Wildman–Crippen LogP) is 1.07. The summed E-state index contributed by atoms with van der Waals surface area (Å²) >= 11 is 0. The van der Waals surface area contributed by atoms with Gasteiger partial charge in [0.2, 0.25) is 5.91 Å². The number of amides is 1. The molecule has 0 saturated carbocycles. The quantitative estimate of drug-likeness (QED) is 0.210. The Morgan fingerprint density at radius 3 is 2.22 bits per heavy atom. The number of ether oxygens (including phenoxy) is 3. The van der Waals surface area contributed by atoms with Crippen LogP contribution in [0.15, 0.2) is 11.8 Å². The molecule has 0 unspecified atom stereocenters. The number of methoxy groups -OCH3 is 1. The summed E-state index contributed by atoms with van der Waals surface area (Å²) in [5.41, 5.74) is 0.287. The van der Waals surface area contributed by atoms with Gasteiger partial charge in [-0.3, -0.25) is 19.1 Å². The lowest BCUT2D eigenvalue weighted by Crippen LogP contribution is -2.46. The van der Waals surface area contributed by atoms with Gasteiger partial charge in [0, 0.05) is 25.8 Å². The maximum atomic E-state index is 12.8. The molecule has 1 rings (SSSR count). The highest BCUT2D eigenvalue weighted by atomic mass is 31.2. The molecule has 0 aromatic rings. The molecule has 1 saturated heterocycles. The molecule has 0 radical (unpaired) electrons. The van der Waals surface area contributed by atoms with Crippen LogP contribution in [-0.2, 0) is 37.4 Å². The number of ketones is 1. The smallest absolute Gasteiger partial charge is 0.333 e. The van der Waals surface area contributed by atoms with Gasteiger partial charge in [-0.25, -0.2) is 0 Å². The average Bonchev–Trinajstić information content (AvgIpc) is 3.02. The third-order valence-electron chi connectivity index (χ3n) is 4.82. The van der Waals surface area contributed by atoms with Crippen LogP contribution in [0, 0.1) is 0 Å². The normalized spacial score (nSPS) is 25.1. The van der Waals surface area contributed by atoms with E-state index in [2.05, 4.69) is 0 Å². The van der Waals surface area contributed by atoms with Crippen LogP contribution in [0.25, 0.3) is 0 Å². The van der Waals surface area contributed by atoms with Gasteiger partial charge in [-0.05, 0) is 27.7 Å². The first-order valence-corrected chi connectivity index (χ1v) is 12.2. The molecule has 0 aromatic heterocycles. The summed E-state index contributed by atoms with van der Waals surface area (Å²) in [5, 5.41) is 21.6. The van der Waals surface area contributed by atoms with E-state index in [1.165, 1.54) is 34.1 Å². The molecule has 1 aliphatic heterocycles. The maximum absolute atomic E-state index is 12.8. The first kappa shape index (κ1) is 28.9. The number of Topliss-reactive ketones (excluding diaryl/α,β-unsaturated/α-hetero) is 1. The zero-order valence-electron chi connectivity index (χ0n) is 19.6. The van der Waals surface area contributed by atoms with Crippen LogP contribution in [0.4, 0.5) is 0 Å². The van der Waals surface area contributed by atoms with Gasteiger partial charge in [0.15, 0.2) is 12.0 Å². The van der Waals surface area contributed by atoms with E-state index >= 15 is 0 Å². The van der Waals surface area contributed by atoms with Gasteiger partial charge in [-0.1, -0.05) is 0 Å². The van der Waals surface area contributed by atoms with Gasteiger partial charge in [0.05, 0.1) is 38.7 Å². The Morgan fingerprint density at radius 2 is 1.75 bits per heavy atom. The molecule has 0 aliphatic carbocycles. The Bertz CT molecular complexity index is 690. The van der Waals surface area contributed by atoms with Crippen molar-refractivity contribution in [1.82, 2.24) is 4.90 Å². The van der Waals surface area contributed by atoms with Crippen LogP contribution in [0.5, 0.6) is 0 Å². The standard InChI is InChI=1S/C20H36NO10P/c1-7-29-32(26,30-8-2)12-16(24)18-17(25)19(28-10-9-27-6)20(31-18)21(15(5)23)11-13(3)14(4)22/h11,16-20,24-25H,7-10,12H2,1-6H3/b13-11-/t16-,17-,18-,19-,20-/m1/s1. The molecule has 186 valence electrons. The lowest BCUT2D eigenvalue weighted by molar-refractivity contribution is -0.149. The first-order chi connectivity index (χ1) is 15.0. The van der Waals surface area contributed by atoms with Crippen molar-refractivity contribution >= 4 is 19.3 Å². The summed E-state index contributed by atoms with van der Waals surface area (Å²) in [6.45, 7) is 7.96. The second kappa shape index (κ2) is 13.5. The lowest BCUT2D eigenvalue weighted by atomic mass is 10.1. The molecule has 1 aliphatic rings. The van der Waals surface area contributed by atoms with Gasteiger partial charge in [-0.15, -0.1) is 0 Å². The second-order valence-corrected chi connectivity index (χ2v) is 9.40. The van der Waals surface area contributed by atoms with Crippen molar-refractivity contribution in [2.45, 2.75) is 65.3 Å². The third-order valence-corrected chi connectivity index (χ3v) is 6.94. The summed E-state index contributed by atoms with van der Waals surface area (Å²) in [4.78, 5) is 25.1. The van der Waals surface area contributed by atoms with Crippen LogP contribution >= 0.6 is 7.60 Å². The van der Waals surface area contributed by atoms with Crippen LogP contribution < -0.4 is 0 Å². The summed E-state index contributed by atoms with van der Waals surface area (Å²) < 4.78 is 39.7. The number of nitrogens with zero attached hydrogens (tertiary/aromatic N) is 1. The SMILES string of the molecule is CCOP(=O)(C[C@@H](O)[C@H]1O[C@@H](N(/C=C(/C)C(C)=O)C(C)=O)[C@H](OCCOC)[C@@H]1O)OCC. The van der Waals surface area contributed by atoms with Crippen molar-refractivity contribution in [3.63, 3.8) is 0 Å². The number of allylic oxidation sites excluding steroid dienone is 1. The summed E-state index contributed by atoms with van der Waals surface area (Å²) in [5.74, 6) is -0.717. The Balaban J connectivity index is 3.21. The minimum absolute atomic E-state index is 0.0818. The summed E-state index contributed by atoms with van der Waals surface area (Å²) in [6, 6.07) is 0. The molecule has 32 heavy (non-hydrogen) atoms. The van der Waals surface area contributed by atoms with E-state index in [9.17, 15) is 24.4 Å². The molecule has 11 nitrogen and oxygen atoms in total. The number of hydrogen-bond acceptors (Lipinski definition) is 10. The van der Waals surface area contributed by atoms with Crippen molar-refractivity contribution < 1.29 is 47.6 Å². The Hall–Kier alpha value is -1.17. The number of rotatable bonds is 14. The Morgan fingerprint density at radius 1 is 1.16 bits per heavy atom. The molecule has 1 fully saturated rings. The van der Waals surface area contributed by atoms with Crippen molar-refractivity contribution in [3.05, 3.63) is 11.8 Å². The highest BCUT2D eigenvalue weighted by molar-refractivity contribution is 7.53. The summed E-state index contributed by atoms with van der Waals surface area (Å²) in [7, 11) is -2.16. The molecular formula is C20H36NO10P. The van der Waals surface area contributed by atoms with Crippen LogP contribution in [0.1, 0.15) is 34.6 Å². The first-order valence-electron chi connectivity index (χ1n) is 10.5. The Labute approximate surface area is 189 Å². The molecule has 0 bridgehead atoms. The van der Waals surface area contributed by atoms with Gasteiger partial charge in [0.1, 0.15) is 18.3 Å². The number of carbonyl (C=O) groups excluding carboxylic acids is 2. The third kappa shape index (κ3) is 8.00.